The molecule has 2 aromatic heterocycles. The Kier molecular flexibility index (Phi) is 3.61. The minimum atomic E-state index is 0.282. The molecule has 0 aliphatic carbocycles. The first-order valence-corrected chi connectivity index (χ1v) is 8.06. The van der Waals surface area contributed by atoms with Crippen molar-refractivity contribution in [1.82, 2.24) is 20.1 Å². The van der Waals surface area contributed by atoms with Gasteiger partial charge in [-0.15, -0.1) is 0 Å². The van der Waals surface area contributed by atoms with E-state index in [0.29, 0.717) is 18.9 Å². The summed E-state index contributed by atoms with van der Waals surface area (Å²) in [6, 6.07) is 4.20. The summed E-state index contributed by atoms with van der Waals surface area (Å²) in [5.74, 6) is 2.68. The summed E-state index contributed by atoms with van der Waals surface area (Å²) in [5, 5.41) is 4.08. The van der Waals surface area contributed by atoms with Crippen LogP contribution in [0.5, 0.6) is 0 Å². The Morgan fingerprint density at radius 3 is 2.96 bits per heavy atom. The van der Waals surface area contributed by atoms with Gasteiger partial charge in [-0.05, 0) is 37.5 Å². The number of rotatable bonds is 4. The normalized spacial score (nSPS) is 18.1. The molecule has 1 aliphatic heterocycles. The summed E-state index contributed by atoms with van der Waals surface area (Å²) in [7, 11) is 0. The fourth-order valence-corrected chi connectivity index (χ4v) is 2.98. The van der Waals surface area contributed by atoms with Crippen LogP contribution in [-0.2, 0) is 17.6 Å². The first-order chi connectivity index (χ1) is 11.2. The molecule has 1 unspecified atom stereocenters. The number of nitrogens with zero attached hydrogens (tertiary/aromatic N) is 3. The van der Waals surface area contributed by atoms with Crippen LogP contribution in [0.1, 0.15) is 41.0 Å². The predicted molar refractivity (Wildman–Crippen MR) is 85.5 cm³/mol. The molecule has 1 fully saturated rings. The number of aryl methyl sites for hydroxylation is 4. The van der Waals surface area contributed by atoms with Crippen molar-refractivity contribution in [2.75, 3.05) is 13.2 Å². The molecule has 3 aromatic rings. The lowest BCUT2D eigenvalue weighted by Crippen LogP contribution is -2.00. The molecule has 0 amide bonds. The van der Waals surface area contributed by atoms with E-state index < -0.39 is 0 Å². The van der Waals surface area contributed by atoms with Crippen molar-refractivity contribution in [3.05, 3.63) is 40.8 Å². The van der Waals surface area contributed by atoms with E-state index in [2.05, 4.69) is 41.1 Å². The molecular formula is C17H20N4O2. The van der Waals surface area contributed by atoms with Crippen LogP contribution in [-0.4, -0.2) is 33.3 Å². The maximum absolute atomic E-state index is 5.37. The summed E-state index contributed by atoms with van der Waals surface area (Å²) < 4.78 is 10.7. The van der Waals surface area contributed by atoms with E-state index in [9.17, 15) is 0 Å². The molecule has 0 saturated carbocycles. The fourth-order valence-electron chi connectivity index (χ4n) is 2.98. The molecule has 0 spiro atoms. The molecule has 1 N–H and O–H groups in total. The number of aromatic amines is 1. The number of benzene rings is 1. The summed E-state index contributed by atoms with van der Waals surface area (Å²) >= 11 is 0. The van der Waals surface area contributed by atoms with Gasteiger partial charge in [-0.25, -0.2) is 4.98 Å². The number of aromatic nitrogens is 4. The maximum atomic E-state index is 5.37. The number of ether oxygens (including phenoxy) is 1. The highest BCUT2D eigenvalue weighted by atomic mass is 16.5. The van der Waals surface area contributed by atoms with Gasteiger partial charge < -0.3 is 14.2 Å². The lowest BCUT2D eigenvalue weighted by molar-refractivity contribution is 0.192. The highest BCUT2D eigenvalue weighted by Crippen LogP contribution is 2.23. The molecule has 6 nitrogen and oxygen atoms in total. The molecule has 6 heteroatoms. The molecule has 3 heterocycles. The second-order valence-corrected chi connectivity index (χ2v) is 6.19. The molecule has 4 rings (SSSR count). The van der Waals surface area contributed by atoms with Gasteiger partial charge >= 0.3 is 0 Å². The molecule has 1 saturated heterocycles. The number of nitrogens with one attached hydrogen (secondary N) is 1. The molecule has 0 bridgehead atoms. The van der Waals surface area contributed by atoms with Gasteiger partial charge in [-0.3, -0.25) is 0 Å². The van der Waals surface area contributed by atoms with Crippen molar-refractivity contribution in [2.24, 2.45) is 0 Å². The third-order valence-corrected chi connectivity index (χ3v) is 4.58. The molecule has 1 aliphatic rings. The number of hydrogen-bond donors (Lipinski definition) is 1. The van der Waals surface area contributed by atoms with Crippen LogP contribution in [0.3, 0.4) is 0 Å². The van der Waals surface area contributed by atoms with Crippen molar-refractivity contribution >= 4 is 11.0 Å². The third-order valence-electron chi connectivity index (χ3n) is 4.58. The Labute approximate surface area is 134 Å². The Morgan fingerprint density at radius 2 is 2.13 bits per heavy atom. The van der Waals surface area contributed by atoms with E-state index in [4.69, 9.17) is 14.2 Å². The van der Waals surface area contributed by atoms with Crippen molar-refractivity contribution < 1.29 is 9.26 Å². The zero-order valence-electron chi connectivity index (χ0n) is 13.4. The van der Waals surface area contributed by atoms with Crippen LogP contribution in [0, 0.1) is 13.8 Å². The lowest BCUT2D eigenvalue weighted by Gasteiger charge is -1.98. The highest BCUT2D eigenvalue weighted by Gasteiger charge is 2.23. The van der Waals surface area contributed by atoms with Gasteiger partial charge in [-0.2, -0.15) is 4.98 Å². The molecule has 120 valence electrons. The van der Waals surface area contributed by atoms with Crippen molar-refractivity contribution in [1.29, 1.82) is 0 Å². The molecular weight excluding hydrogens is 292 g/mol. The van der Waals surface area contributed by atoms with Gasteiger partial charge in [0, 0.05) is 25.4 Å². The highest BCUT2D eigenvalue weighted by molar-refractivity contribution is 5.79. The molecule has 23 heavy (non-hydrogen) atoms. The van der Waals surface area contributed by atoms with E-state index in [1.165, 1.54) is 11.1 Å². The second kappa shape index (κ2) is 5.77. The Balaban J connectivity index is 1.47. The zero-order chi connectivity index (χ0) is 15.8. The summed E-state index contributed by atoms with van der Waals surface area (Å²) in [6.07, 6.45) is 2.43. The minimum Gasteiger partial charge on any atom is -0.381 e. The van der Waals surface area contributed by atoms with Gasteiger partial charge in [0.15, 0.2) is 5.82 Å². The summed E-state index contributed by atoms with van der Waals surface area (Å²) in [5.41, 5.74) is 4.62. The fraction of sp³-hybridized carbons (Fsp3) is 0.471. The predicted octanol–water partition coefficient (Wildman–Crippen LogP) is 2.85. The smallest absolute Gasteiger partial charge is 0.227 e. The Morgan fingerprint density at radius 1 is 1.22 bits per heavy atom. The first-order valence-electron chi connectivity index (χ1n) is 8.06. The van der Waals surface area contributed by atoms with E-state index in [0.717, 1.165) is 42.1 Å². The maximum Gasteiger partial charge on any atom is 0.227 e. The van der Waals surface area contributed by atoms with Crippen LogP contribution < -0.4 is 0 Å². The minimum absolute atomic E-state index is 0.282. The van der Waals surface area contributed by atoms with Crippen LogP contribution in [0.15, 0.2) is 16.7 Å². The molecule has 0 radical (unpaired) electrons. The lowest BCUT2D eigenvalue weighted by atomic mass is 10.1. The standard InChI is InChI=1S/C17H20N4O2/c1-10-3-4-13-16(11(10)2)19-14(18-13)5-6-15-20-17(21-23-15)12-7-8-22-9-12/h3-4,12H,5-9H2,1-2H3,(H,18,19). The molecule has 1 atom stereocenters. The topological polar surface area (TPSA) is 76.8 Å². The van der Waals surface area contributed by atoms with Crippen LogP contribution >= 0.6 is 0 Å². The zero-order valence-corrected chi connectivity index (χ0v) is 13.4. The van der Waals surface area contributed by atoms with Crippen molar-refractivity contribution in [2.45, 2.75) is 39.0 Å². The van der Waals surface area contributed by atoms with Gasteiger partial charge in [0.1, 0.15) is 5.82 Å². The van der Waals surface area contributed by atoms with E-state index in [1.54, 1.807) is 0 Å². The van der Waals surface area contributed by atoms with E-state index in [1.807, 2.05) is 0 Å². The quantitative estimate of drug-likeness (QED) is 0.801. The Bertz CT molecular complexity index is 830. The SMILES string of the molecule is Cc1ccc2[nH]c(CCc3nc(C4CCOC4)no3)nc2c1C. The van der Waals surface area contributed by atoms with Gasteiger partial charge in [-0.1, -0.05) is 11.2 Å². The summed E-state index contributed by atoms with van der Waals surface area (Å²) in [6.45, 7) is 5.69. The second-order valence-electron chi connectivity index (χ2n) is 6.19. The van der Waals surface area contributed by atoms with Crippen LogP contribution in [0.4, 0.5) is 0 Å². The number of hydrogen-bond acceptors (Lipinski definition) is 5. The van der Waals surface area contributed by atoms with E-state index in [-0.39, 0.29) is 5.92 Å². The largest absolute Gasteiger partial charge is 0.381 e. The average molecular weight is 312 g/mol. The number of imidazole rings is 1. The summed E-state index contributed by atoms with van der Waals surface area (Å²) in [4.78, 5) is 12.6. The van der Waals surface area contributed by atoms with Crippen molar-refractivity contribution in [3.8, 4) is 0 Å². The van der Waals surface area contributed by atoms with Gasteiger partial charge in [0.2, 0.25) is 5.89 Å². The van der Waals surface area contributed by atoms with Crippen LogP contribution in [0.2, 0.25) is 0 Å². The van der Waals surface area contributed by atoms with E-state index >= 15 is 0 Å². The molecule has 1 aromatic carbocycles. The van der Waals surface area contributed by atoms with Gasteiger partial charge in [0.05, 0.1) is 17.6 Å². The number of H-pyrrole nitrogens is 1. The Hall–Kier alpha value is -2.21. The average Bonchev–Trinajstić information content (AvgIpc) is 3.28. The van der Waals surface area contributed by atoms with Crippen molar-refractivity contribution in [3.63, 3.8) is 0 Å². The van der Waals surface area contributed by atoms with Crippen LogP contribution in [0.25, 0.3) is 11.0 Å². The first kappa shape index (κ1) is 14.4. The number of fused-ring (bicyclic) bond motifs is 1. The monoisotopic (exact) mass is 312 g/mol. The van der Waals surface area contributed by atoms with Gasteiger partial charge in [0.25, 0.3) is 0 Å². The third kappa shape index (κ3) is 2.74.